The van der Waals surface area contributed by atoms with Gasteiger partial charge in [0.25, 0.3) is 0 Å². The van der Waals surface area contributed by atoms with Crippen LogP contribution in [0.3, 0.4) is 0 Å². The van der Waals surface area contributed by atoms with Crippen LogP contribution in [0, 0.1) is 12.8 Å². The van der Waals surface area contributed by atoms with Gasteiger partial charge in [0.2, 0.25) is 0 Å². The third-order valence-corrected chi connectivity index (χ3v) is 4.72. The molecule has 0 aromatic heterocycles. The van der Waals surface area contributed by atoms with Crippen LogP contribution in [0.25, 0.3) is 0 Å². The van der Waals surface area contributed by atoms with Crippen LogP contribution in [0.2, 0.25) is 0 Å². The SMILES string of the molecule is CC1=CCC2C(C1)c1c(C)cc(O)cc1OC2(C)C. The second-order valence-corrected chi connectivity index (χ2v) is 6.58. The van der Waals surface area contributed by atoms with Crippen molar-refractivity contribution in [3.63, 3.8) is 0 Å². The van der Waals surface area contributed by atoms with Crippen molar-refractivity contribution in [1.82, 2.24) is 0 Å². The molecular weight excluding hydrogens is 236 g/mol. The van der Waals surface area contributed by atoms with Gasteiger partial charge in [0.1, 0.15) is 17.1 Å². The molecule has 0 bridgehead atoms. The highest BCUT2D eigenvalue weighted by Crippen LogP contribution is 2.52. The molecule has 102 valence electrons. The fourth-order valence-electron chi connectivity index (χ4n) is 3.80. The van der Waals surface area contributed by atoms with E-state index in [-0.39, 0.29) is 5.60 Å². The second-order valence-electron chi connectivity index (χ2n) is 6.58. The molecule has 2 heteroatoms. The van der Waals surface area contributed by atoms with Crippen molar-refractivity contribution < 1.29 is 9.84 Å². The number of aryl methyl sites for hydroxylation is 1. The monoisotopic (exact) mass is 258 g/mol. The van der Waals surface area contributed by atoms with Crippen molar-refractivity contribution in [2.24, 2.45) is 5.92 Å². The van der Waals surface area contributed by atoms with E-state index in [1.165, 1.54) is 11.1 Å². The zero-order chi connectivity index (χ0) is 13.8. The van der Waals surface area contributed by atoms with Gasteiger partial charge >= 0.3 is 0 Å². The Hall–Kier alpha value is -1.44. The van der Waals surface area contributed by atoms with Crippen molar-refractivity contribution in [3.8, 4) is 11.5 Å². The van der Waals surface area contributed by atoms with Gasteiger partial charge in [-0.05, 0) is 58.1 Å². The molecule has 0 fully saturated rings. The Bertz CT molecular complexity index is 555. The molecule has 1 aliphatic heterocycles. The Labute approximate surface area is 115 Å². The number of aromatic hydroxyl groups is 1. The van der Waals surface area contributed by atoms with Crippen LogP contribution in [-0.4, -0.2) is 10.7 Å². The van der Waals surface area contributed by atoms with Crippen LogP contribution in [-0.2, 0) is 0 Å². The fraction of sp³-hybridized carbons (Fsp3) is 0.529. The van der Waals surface area contributed by atoms with E-state index >= 15 is 0 Å². The summed E-state index contributed by atoms with van der Waals surface area (Å²) in [5.74, 6) is 2.21. The minimum absolute atomic E-state index is 0.172. The van der Waals surface area contributed by atoms with Crippen LogP contribution in [0.1, 0.15) is 50.7 Å². The molecular formula is C17H22O2. The standard InChI is InChI=1S/C17H22O2/c1-10-5-6-14-13(7-10)16-11(2)8-12(18)9-15(16)19-17(14,3)4/h5,8-9,13-14,18H,6-7H2,1-4H3. The quantitative estimate of drug-likeness (QED) is 0.703. The van der Waals surface area contributed by atoms with Crippen molar-refractivity contribution in [2.45, 2.75) is 52.1 Å². The maximum absolute atomic E-state index is 9.80. The first-order valence-electron chi connectivity index (χ1n) is 7.06. The Balaban J connectivity index is 2.17. The van der Waals surface area contributed by atoms with Crippen molar-refractivity contribution >= 4 is 0 Å². The normalized spacial score (nSPS) is 27.9. The zero-order valence-corrected chi connectivity index (χ0v) is 12.2. The molecule has 2 aliphatic rings. The van der Waals surface area contributed by atoms with Gasteiger partial charge < -0.3 is 9.84 Å². The van der Waals surface area contributed by atoms with E-state index in [9.17, 15) is 5.11 Å². The molecule has 2 nitrogen and oxygen atoms in total. The Morgan fingerprint density at radius 2 is 2.00 bits per heavy atom. The lowest BCUT2D eigenvalue weighted by Gasteiger charge is -2.47. The average molecular weight is 258 g/mol. The first kappa shape index (κ1) is 12.6. The number of rotatable bonds is 0. The highest BCUT2D eigenvalue weighted by atomic mass is 16.5. The Morgan fingerprint density at radius 3 is 2.74 bits per heavy atom. The summed E-state index contributed by atoms with van der Waals surface area (Å²) in [4.78, 5) is 0. The first-order chi connectivity index (χ1) is 8.88. The maximum atomic E-state index is 9.80. The number of phenols is 1. The lowest BCUT2D eigenvalue weighted by molar-refractivity contribution is 0.00809. The van der Waals surface area contributed by atoms with E-state index in [4.69, 9.17) is 4.74 Å². The molecule has 2 atom stereocenters. The van der Waals surface area contributed by atoms with Gasteiger partial charge in [-0.3, -0.25) is 0 Å². The number of benzene rings is 1. The van der Waals surface area contributed by atoms with Gasteiger partial charge in [0.15, 0.2) is 0 Å². The van der Waals surface area contributed by atoms with Crippen LogP contribution >= 0.6 is 0 Å². The number of hydrogen-bond acceptors (Lipinski definition) is 2. The van der Waals surface area contributed by atoms with Gasteiger partial charge in [-0.2, -0.15) is 0 Å². The van der Waals surface area contributed by atoms with Gasteiger partial charge in [-0.15, -0.1) is 0 Å². The summed E-state index contributed by atoms with van der Waals surface area (Å²) in [6, 6.07) is 3.62. The molecule has 2 unspecified atom stereocenters. The predicted molar refractivity (Wildman–Crippen MR) is 76.8 cm³/mol. The molecule has 0 saturated carbocycles. The highest BCUT2D eigenvalue weighted by molar-refractivity contribution is 5.50. The molecule has 1 aromatic carbocycles. The van der Waals surface area contributed by atoms with E-state index in [0.717, 1.165) is 24.2 Å². The van der Waals surface area contributed by atoms with Crippen LogP contribution in [0.4, 0.5) is 0 Å². The van der Waals surface area contributed by atoms with Crippen LogP contribution in [0.15, 0.2) is 23.8 Å². The third-order valence-electron chi connectivity index (χ3n) is 4.72. The summed E-state index contributed by atoms with van der Waals surface area (Å²) < 4.78 is 6.20. The smallest absolute Gasteiger partial charge is 0.127 e. The van der Waals surface area contributed by atoms with Gasteiger partial charge in [-0.1, -0.05) is 11.6 Å². The number of phenolic OH excluding ortho intramolecular Hbond substituents is 1. The summed E-state index contributed by atoms with van der Waals surface area (Å²) >= 11 is 0. The van der Waals surface area contributed by atoms with E-state index in [0.29, 0.717) is 17.6 Å². The van der Waals surface area contributed by atoms with Gasteiger partial charge in [-0.25, -0.2) is 0 Å². The topological polar surface area (TPSA) is 29.5 Å². The molecule has 1 aromatic rings. The summed E-state index contributed by atoms with van der Waals surface area (Å²) in [5.41, 5.74) is 3.75. The lowest BCUT2D eigenvalue weighted by Crippen LogP contribution is -2.45. The second kappa shape index (κ2) is 4.03. The number of fused-ring (bicyclic) bond motifs is 3. The Kier molecular flexibility index (Phi) is 2.67. The third kappa shape index (κ3) is 1.94. The summed E-state index contributed by atoms with van der Waals surface area (Å²) in [5, 5.41) is 9.80. The number of ether oxygens (including phenoxy) is 1. The van der Waals surface area contributed by atoms with E-state index < -0.39 is 0 Å². The maximum Gasteiger partial charge on any atom is 0.127 e. The van der Waals surface area contributed by atoms with Gasteiger partial charge in [0, 0.05) is 17.5 Å². The number of hydrogen-bond donors (Lipinski definition) is 1. The van der Waals surface area contributed by atoms with E-state index in [2.05, 4.69) is 33.8 Å². The zero-order valence-electron chi connectivity index (χ0n) is 12.2. The molecule has 0 spiro atoms. The minimum atomic E-state index is -0.172. The van der Waals surface area contributed by atoms with Crippen molar-refractivity contribution in [3.05, 3.63) is 34.9 Å². The molecule has 19 heavy (non-hydrogen) atoms. The fourth-order valence-corrected chi connectivity index (χ4v) is 3.80. The minimum Gasteiger partial charge on any atom is -0.508 e. The average Bonchev–Trinajstić information content (AvgIpc) is 2.25. The Morgan fingerprint density at radius 1 is 1.26 bits per heavy atom. The molecule has 0 radical (unpaired) electrons. The molecule has 1 heterocycles. The molecule has 1 N–H and O–H groups in total. The molecule has 3 rings (SSSR count). The molecule has 0 saturated heterocycles. The van der Waals surface area contributed by atoms with Crippen LogP contribution < -0.4 is 4.74 Å². The summed E-state index contributed by atoms with van der Waals surface area (Å²) in [6.45, 7) is 8.63. The van der Waals surface area contributed by atoms with Crippen molar-refractivity contribution in [1.29, 1.82) is 0 Å². The molecule has 0 amide bonds. The summed E-state index contributed by atoms with van der Waals surface area (Å²) in [7, 11) is 0. The highest BCUT2D eigenvalue weighted by Gasteiger charge is 2.45. The van der Waals surface area contributed by atoms with Gasteiger partial charge in [0.05, 0.1) is 0 Å². The van der Waals surface area contributed by atoms with E-state index in [1.807, 2.05) is 6.07 Å². The number of allylic oxidation sites excluding steroid dienone is 2. The molecule has 1 aliphatic carbocycles. The van der Waals surface area contributed by atoms with Crippen molar-refractivity contribution in [2.75, 3.05) is 0 Å². The van der Waals surface area contributed by atoms with E-state index in [1.54, 1.807) is 6.07 Å². The largest absolute Gasteiger partial charge is 0.508 e. The summed E-state index contributed by atoms with van der Waals surface area (Å²) in [6.07, 6.45) is 4.55. The predicted octanol–water partition coefficient (Wildman–Crippen LogP) is 4.31. The van der Waals surface area contributed by atoms with Crippen LogP contribution in [0.5, 0.6) is 11.5 Å². The first-order valence-corrected chi connectivity index (χ1v) is 7.06. The lowest BCUT2D eigenvalue weighted by atomic mass is 9.66.